The largest absolute Gasteiger partial charge is 0.381 e. The van der Waals surface area contributed by atoms with Crippen LogP contribution in [0.15, 0.2) is 12.1 Å². The molecule has 0 saturated heterocycles. The molecule has 1 aromatic rings. The van der Waals surface area contributed by atoms with Crippen molar-refractivity contribution in [2.24, 2.45) is 0 Å². The molecule has 1 aliphatic rings. The van der Waals surface area contributed by atoms with Crippen LogP contribution in [-0.2, 0) is 4.74 Å². The van der Waals surface area contributed by atoms with Crippen molar-refractivity contribution in [1.82, 2.24) is 5.32 Å². The Bertz CT molecular complexity index is 342. The van der Waals surface area contributed by atoms with Crippen LogP contribution in [0.4, 0.5) is 0 Å². The van der Waals surface area contributed by atoms with Gasteiger partial charge in [-0.25, -0.2) is 0 Å². The van der Waals surface area contributed by atoms with Crippen molar-refractivity contribution in [2.45, 2.75) is 44.4 Å². The Morgan fingerprint density at radius 1 is 1.50 bits per heavy atom. The maximum Gasteiger partial charge on any atom is 0.0931 e. The van der Waals surface area contributed by atoms with Crippen molar-refractivity contribution >= 4 is 22.9 Å². The van der Waals surface area contributed by atoms with Crippen LogP contribution in [0.3, 0.4) is 0 Å². The molecule has 1 aromatic heterocycles. The highest BCUT2D eigenvalue weighted by molar-refractivity contribution is 7.16. The summed E-state index contributed by atoms with van der Waals surface area (Å²) in [5.74, 6) is 0. The Hall–Kier alpha value is -0.0900. The van der Waals surface area contributed by atoms with E-state index in [4.69, 9.17) is 16.3 Å². The molecule has 1 N–H and O–H groups in total. The predicted octanol–water partition coefficient (Wildman–Crippen LogP) is 3.62. The molecule has 0 spiro atoms. The second kappa shape index (κ2) is 5.50. The molecular weight excluding hydrogens is 242 g/mol. The third kappa shape index (κ3) is 2.98. The molecule has 2 rings (SSSR count). The number of halogens is 1. The van der Waals surface area contributed by atoms with E-state index in [0.717, 1.165) is 10.8 Å². The molecule has 3 unspecified atom stereocenters. The average molecular weight is 260 g/mol. The SMILES string of the molecule is COC1CCC(NC(C)c2ccc(Cl)s2)C1. The normalized spacial score (nSPS) is 27.2. The van der Waals surface area contributed by atoms with E-state index in [-0.39, 0.29) is 0 Å². The lowest BCUT2D eigenvalue weighted by Gasteiger charge is -2.18. The molecule has 1 fully saturated rings. The van der Waals surface area contributed by atoms with Crippen LogP contribution < -0.4 is 5.32 Å². The topological polar surface area (TPSA) is 21.3 Å². The summed E-state index contributed by atoms with van der Waals surface area (Å²) in [4.78, 5) is 1.31. The summed E-state index contributed by atoms with van der Waals surface area (Å²) in [5, 5.41) is 3.64. The van der Waals surface area contributed by atoms with Crippen LogP contribution in [0.25, 0.3) is 0 Å². The van der Waals surface area contributed by atoms with Gasteiger partial charge in [0.05, 0.1) is 10.4 Å². The predicted molar refractivity (Wildman–Crippen MR) is 69.3 cm³/mol. The first-order valence-electron chi connectivity index (χ1n) is 5.73. The van der Waals surface area contributed by atoms with Gasteiger partial charge in [0.25, 0.3) is 0 Å². The Kier molecular flexibility index (Phi) is 4.25. The van der Waals surface area contributed by atoms with Gasteiger partial charge >= 0.3 is 0 Å². The van der Waals surface area contributed by atoms with Crippen molar-refractivity contribution in [3.8, 4) is 0 Å². The van der Waals surface area contributed by atoms with Gasteiger partial charge in [-0.15, -0.1) is 11.3 Å². The number of ether oxygens (including phenoxy) is 1. The average Bonchev–Trinajstić information content (AvgIpc) is 2.87. The molecule has 1 aliphatic carbocycles. The summed E-state index contributed by atoms with van der Waals surface area (Å²) in [6.07, 6.45) is 3.95. The summed E-state index contributed by atoms with van der Waals surface area (Å²) < 4.78 is 6.24. The third-order valence-corrected chi connectivity index (χ3v) is 4.64. The molecule has 90 valence electrons. The Morgan fingerprint density at radius 3 is 2.88 bits per heavy atom. The molecule has 1 heterocycles. The van der Waals surface area contributed by atoms with Gasteiger partial charge in [-0.2, -0.15) is 0 Å². The van der Waals surface area contributed by atoms with Crippen LogP contribution in [0, 0.1) is 0 Å². The summed E-state index contributed by atoms with van der Waals surface area (Å²) in [6, 6.07) is 5.04. The Morgan fingerprint density at radius 2 is 2.31 bits per heavy atom. The van der Waals surface area contributed by atoms with Crippen molar-refractivity contribution in [2.75, 3.05) is 7.11 Å². The molecule has 4 heteroatoms. The second-order valence-electron chi connectivity index (χ2n) is 4.40. The minimum atomic E-state index is 0.387. The fourth-order valence-corrected chi connectivity index (χ4v) is 3.37. The molecule has 1 saturated carbocycles. The lowest BCUT2D eigenvalue weighted by molar-refractivity contribution is 0.106. The third-order valence-electron chi connectivity index (χ3n) is 3.22. The van der Waals surface area contributed by atoms with E-state index < -0.39 is 0 Å². The Balaban J connectivity index is 1.86. The van der Waals surface area contributed by atoms with Crippen molar-refractivity contribution in [1.29, 1.82) is 0 Å². The maximum absolute atomic E-state index is 5.94. The van der Waals surface area contributed by atoms with Crippen molar-refractivity contribution in [3.05, 3.63) is 21.3 Å². The highest BCUT2D eigenvalue weighted by atomic mass is 35.5. The van der Waals surface area contributed by atoms with E-state index in [1.54, 1.807) is 18.4 Å². The summed E-state index contributed by atoms with van der Waals surface area (Å²) in [6.45, 7) is 2.20. The second-order valence-corrected chi connectivity index (χ2v) is 6.14. The molecule has 0 bridgehead atoms. The van der Waals surface area contributed by atoms with Gasteiger partial charge in [0.15, 0.2) is 0 Å². The minimum absolute atomic E-state index is 0.387. The first-order valence-corrected chi connectivity index (χ1v) is 6.92. The van der Waals surface area contributed by atoms with E-state index in [2.05, 4.69) is 18.3 Å². The lowest BCUT2D eigenvalue weighted by Crippen LogP contribution is -2.29. The fourth-order valence-electron chi connectivity index (χ4n) is 2.30. The Labute approximate surface area is 106 Å². The molecule has 2 nitrogen and oxygen atoms in total. The highest BCUT2D eigenvalue weighted by Crippen LogP contribution is 2.29. The number of nitrogens with one attached hydrogen (secondary N) is 1. The maximum atomic E-state index is 5.94. The molecule has 0 radical (unpaired) electrons. The number of thiophene rings is 1. The molecule has 0 aliphatic heterocycles. The van der Waals surface area contributed by atoms with Gasteiger partial charge in [0.2, 0.25) is 0 Å². The van der Waals surface area contributed by atoms with E-state index in [0.29, 0.717) is 18.2 Å². The molecule has 3 atom stereocenters. The summed E-state index contributed by atoms with van der Waals surface area (Å²) in [7, 11) is 1.80. The zero-order valence-electron chi connectivity index (χ0n) is 9.70. The van der Waals surface area contributed by atoms with E-state index in [1.807, 2.05) is 6.07 Å². The number of hydrogen-bond acceptors (Lipinski definition) is 3. The molecular formula is C12H18ClNOS. The number of methoxy groups -OCH3 is 1. The van der Waals surface area contributed by atoms with Gasteiger partial charge in [0, 0.05) is 24.1 Å². The number of rotatable bonds is 4. The van der Waals surface area contributed by atoms with Gasteiger partial charge in [-0.3, -0.25) is 0 Å². The smallest absolute Gasteiger partial charge is 0.0931 e. The number of hydrogen-bond donors (Lipinski definition) is 1. The summed E-state index contributed by atoms with van der Waals surface area (Å²) in [5.41, 5.74) is 0. The van der Waals surface area contributed by atoms with Crippen LogP contribution in [0.1, 0.15) is 37.1 Å². The van der Waals surface area contributed by atoms with Gasteiger partial charge in [-0.05, 0) is 38.3 Å². The summed E-state index contributed by atoms with van der Waals surface area (Å²) >= 11 is 7.59. The molecule has 0 amide bonds. The van der Waals surface area contributed by atoms with Crippen LogP contribution in [0.2, 0.25) is 4.34 Å². The lowest BCUT2D eigenvalue weighted by atomic mass is 10.2. The minimum Gasteiger partial charge on any atom is -0.381 e. The fraction of sp³-hybridized carbons (Fsp3) is 0.667. The van der Waals surface area contributed by atoms with Crippen molar-refractivity contribution in [3.63, 3.8) is 0 Å². The monoisotopic (exact) mass is 259 g/mol. The quantitative estimate of drug-likeness (QED) is 0.892. The van der Waals surface area contributed by atoms with Gasteiger partial charge in [-0.1, -0.05) is 11.6 Å². The first kappa shape index (κ1) is 12.4. The van der Waals surface area contributed by atoms with Gasteiger partial charge < -0.3 is 10.1 Å². The molecule has 16 heavy (non-hydrogen) atoms. The van der Waals surface area contributed by atoms with Crippen molar-refractivity contribution < 1.29 is 4.74 Å². The van der Waals surface area contributed by atoms with Crippen LogP contribution in [-0.4, -0.2) is 19.3 Å². The highest BCUT2D eigenvalue weighted by Gasteiger charge is 2.25. The zero-order chi connectivity index (χ0) is 11.5. The van der Waals surface area contributed by atoms with E-state index in [1.165, 1.54) is 17.7 Å². The van der Waals surface area contributed by atoms with Crippen LogP contribution in [0.5, 0.6) is 0 Å². The van der Waals surface area contributed by atoms with Crippen LogP contribution >= 0.6 is 22.9 Å². The van der Waals surface area contributed by atoms with E-state index >= 15 is 0 Å². The van der Waals surface area contributed by atoms with E-state index in [9.17, 15) is 0 Å². The zero-order valence-corrected chi connectivity index (χ0v) is 11.3. The first-order chi connectivity index (χ1) is 7.69. The van der Waals surface area contributed by atoms with Gasteiger partial charge in [0.1, 0.15) is 0 Å². The molecule has 0 aromatic carbocycles. The standard InChI is InChI=1S/C12H18ClNOS/c1-8(11-5-6-12(13)16-11)14-9-3-4-10(7-9)15-2/h5-6,8-10,14H,3-4,7H2,1-2H3.